The van der Waals surface area contributed by atoms with Crippen LogP contribution in [-0.2, 0) is 0 Å². The van der Waals surface area contributed by atoms with Crippen molar-refractivity contribution in [1.29, 1.82) is 5.26 Å². The van der Waals surface area contributed by atoms with E-state index in [4.69, 9.17) is 25.2 Å². The van der Waals surface area contributed by atoms with Gasteiger partial charge < -0.3 is 19.9 Å². The van der Waals surface area contributed by atoms with Gasteiger partial charge in [0.25, 0.3) is 0 Å². The molecule has 1 aliphatic rings. The highest BCUT2D eigenvalue weighted by Gasteiger charge is 2.17. The Balaban J connectivity index is 1.93. The van der Waals surface area contributed by atoms with Gasteiger partial charge >= 0.3 is 0 Å². The van der Waals surface area contributed by atoms with Crippen LogP contribution in [0.3, 0.4) is 0 Å². The summed E-state index contributed by atoms with van der Waals surface area (Å²) in [6, 6.07) is 8.93. The number of benzene rings is 2. The molecule has 1 heterocycles. The zero-order valence-corrected chi connectivity index (χ0v) is 10.9. The molecule has 0 bridgehead atoms. The van der Waals surface area contributed by atoms with Crippen LogP contribution in [0.25, 0.3) is 0 Å². The van der Waals surface area contributed by atoms with E-state index in [1.807, 2.05) is 6.07 Å². The molecular formula is C15H11FN2O3. The smallest absolute Gasteiger partial charge is 0.167 e. The molecule has 106 valence electrons. The van der Waals surface area contributed by atoms with Crippen LogP contribution in [0, 0.1) is 17.1 Å². The molecule has 0 saturated carbocycles. The van der Waals surface area contributed by atoms with Crippen molar-refractivity contribution >= 4 is 5.69 Å². The second-order valence-corrected chi connectivity index (χ2v) is 4.39. The summed E-state index contributed by atoms with van der Waals surface area (Å²) in [5.41, 5.74) is 6.39. The van der Waals surface area contributed by atoms with Gasteiger partial charge in [0.05, 0.1) is 17.3 Å². The first kappa shape index (κ1) is 13.1. The molecule has 0 unspecified atom stereocenters. The number of halogens is 1. The molecular weight excluding hydrogens is 275 g/mol. The standard InChI is InChI=1S/C15H11FN2O3/c16-10-5-9(8-17)1-2-12(10)21-13-7-15-14(6-11(13)18)19-3-4-20-15/h1-2,5-7H,3-4,18H2. The maximum Gasteiger partial charge on any atom is 0.167 e. The number of ether oxygens (including phenoxy) is 3. The van der Waals surface area contributed by atoms with E-state index in [1.165, 1.54) is 12.1 Å². The lowest BCUT2D eigenvalue weighted by molar-refractivity contribution is 0.171. The van der Waals surface area contributed by atoms with Gasteiger partial charge in [-0.1, -0.05) is 0 Å². The number of nitrogens with two attached hydrogens (primary N) is 1. The van der Waals surface area contributed by atoms with E-state index in [1.54, 1.807) is 12.1 Å². The highest BCUT2D eigenvalue weighted by Crippen LogP contribution is 2.40. The van der Waals surface area contributed by atoms with E-state index in [0.29, 0.717) is 30.4 Å². The predicted molar refractivity (Wildman–Crippen MR) is 73.0 cm³/mol. The van der Waals surface area contributed by atoms with Crippen molar-refractivity contribution in [3.05, 3.63) is 41.7 Å². The Morgan fingerprint density at radius 1 is 1.10 bits per heavy atom. The van der Waals surface area contributed by atoms with Crippen LogP contribution in [0.1, 0.15) is 5.56 Å². The van der Waals surface area contributed by atoms with Crippen LogP contribution in [-0.4, -0.2) is 13.2 Å². The first-order chi connectivity index (χ1) is 10.2. The van der Waals surface area contributed by atoms with Gasteiger partial charge in [0.15, 0.2) is 28.8 Å². The average Bonchev–Trinajstić information content (AvgIpc) is 2.49. The summed E-state index contributed by atoms with van der Waals surface area (Å²) >= 11 is 0. The highest BCUT2D eigenvalue weighted by molar-refractivity contribution is 5.63. The molecule has 6 heteroatoms. The van der Waals surface area contributed by atoms with Gasteiger partial charge in [-0.3, -0.25) is 0 Å². The molecule has 0 spiro atoms. The summed E-state index contributed by atoms with van der Waals surface area (Å²) in [5, 5.41) is 8.71. The number of anilines is 1. The van der Waals surface area contributed by atoms with Crippen molar-refractivity contribution in [3.63, 3.8) is 0 Å². The van der Waals surface area contributed by atoms with Crippen molar-refractivity contribution < 1.29 is 18.6 Å². The summed E-state index contributed by atoms with van der Waals surface area (Å²) < 4.78 is 30.1. The third-order valence-electron chi connectivity index (χ3n) is 2.96. The van der Waals surface area contributed by atoms with E-state index in [0.717, 1.165) is 6.07 Å². The maximum atomic E-state index is 13.8. The second kappa shape index (κ2) is 5.21. The van der Waals surface area contributed by atoms with E-state index in [2.05, 4.69) is 0 Å². The van der Waals surface area contributed by atoms with Crippen molar-refractivity contribution in [1.82, 2.24) is 0 Å². The lowest BCUT2D eigenvalue weighted by atomic mass is 10.2. The monoisotopic (exact) mass is 286 g/mol. The molecule has 2 N–H and O–H groups in total. The minimum atomic E-state index is -0.636. The van der Waals surface area contributed by atoms with Crippen LogP contribution in [0.4, 0.5) is 10.1 Å². The summed E-state index contributed by atoms with van der Waals surface area (Å²) in [4.78, 5) is 0. The summed E-state index contributed by atoms with van der Waals surface area (Å²) in [6.45, 7) is 0.887. The molecule has 0 aromatic heterocycles. The van der Waals surface area contributed by atoms with Gasteiger partial charge in [0.1, 0.15) is 13.2 Å². The number of hydrogen-bond acceptors (Lipinski definition) is 5. The molecule has 21 heavy (non-hydrogen) atoms. The average molecular weight is 286 g/mol. The molecule has 5 nitrogen and oxygen atoms in total. The van der Waals surface area contributed by atoms with Gasteiger partial charge in [-0.05, 0) is 18.2 Å². The quantitative estimate of drug-likeness (QED) is 0.859. The molecule has 0 saturated heterocycles. The van der Waals surface area contributed by atoms with Gasteiger partial charge in [-0.25, -0.2) is 4.39 Å². The van der Waals surface area contributed by atoms with E-state index in [-0.39, 0.29) is 17.1 Å². The van der Waals surface area contributed by atoms with Gasteiger partial charge in [-0.2, -0.15) is 5.26 Å². The molecule has 0 fully saturated rings. The van der Waals surface area contributed by atoms with Crippen LogP contribution >= 0.6 is 0 Å². The third-order valence-corrected chi connectivity index (χ3v) is 2.96. The van der Waals surface area contributed by atoms with Crippen LogP contribution < -0.4 is 19.9 Å². The Bertz CT molecular complexity index is 740. The molecule has 0 aliphatic carbocycles. The van der Waals surface area contributed by atoms with E-state index >= 15 is 0 Å². The molecule has 0 atom stereocenters. The zero-order chi connectivity index (χ0) is 14.8. The van der Waals surface area contributed by atoms with Crippen molar-refractivity contribution in [2.45, 2.75) is 0 Å². The summed E-state index contributed by atoms with van der Waals surface area (Å²) in [6.07, 6.45) is 0. The van der Waals surface area contributed by atoms with Gasteiger partial charge in [-0.15, -0.1) is 0 Å². The van der Waals surface area contributed by atoms with Crippen molar-refractivity contribution in [2.24, 2.45) is 0 Å². The van der Waals surface area contributed by atoms with E-state index < -0.39 is 5.82 Å². The maximum absolute atomic E-state index is 13.8. The first-order valence-corrected chi connectivity index (χ1v) is 6.24. The fraction of sp³-hybridized carbons (Fsp3) is 0.133. The number of hydrogen-bond donors (Lipinski definition) is 1. The Morgan fingerprint density at radius 3 is 2.48 bits per heavy atom. The first-order valence-electron chi connectivity index (χ1n) is 6.24. The van der Waals surface area contributed by atoms with Crippen LogP contribution in [0.15, 0.2) is 30.3 Å². The fourth-order valence-electron chi connectivity index (χ4n) is 1.95. The topological polar surface area (TPSA) is 77.5 Å². The number of nitrogens with zero attached hydrogens (tertiary/aromatic N) is 1. The van der Waals surface area contributed by atoms with E-state index in [9.17, 15) is 4.39 Å². The normalized spacial score (nSPS) is 12.6. The molecule has 2 aromatic carbocycles. The SMILES string of the molecule is N#Cc1ccc(Oc2cc3c(cc2N)OCCO3)c(F)c1. The third kappa shape index (κ3) is 2.54. The Kier molecular flexibility index (Phi) is 3.24. The predicted octanol–water partition coefficient (Wildman–Crippen LogP) is 2.84. The van der Waals surface area contributed by atoms with Gasteiger partial charge in [0.2, 0.25) is 0 Å². The Morgan fingerprint density at radius 2 is 1.81 bits per heavy atom. The molecule has 0 amide bonds. The molecule has 1 aliphatic heterocycles. The van der Waals surface area contributed by atoms with Crippen molar-refractivity contribution in [3.8, 4) is 29.1 Å². The number of fused-ring (bicyclic) bond motifs is 1. The minimum Gasteiger partial charge on any atom is -0.486 e. The Hall–Kier alpha value is -2.94. The van der Waals surface area contributed by atoms with Crippen LogP contribution in [0.2, 0.25) is 0 Å². The van der Waals surface area contributed by atoms with Gasteiger partial charge in [0, 0.05) is 12.1 Å². The summed E-state index contributed by atoms with van der Waals surface area (Å²) in [7, 11) is 0. The molecule has 2 aromatic rings. The summed E-state index contributed by atoms with van der Waals surface area (Å²) in [5.74, 6) is 0.648. The lowest BCUT2D eigenvalue weighted by Gasteiger charge is -2.20. The number of rotatable bonds is 2. The number of nitrogen functional groups attached to an aromatic ring is 1. The minimum absolute atomic E-state index is 0.0163. The largest absolute Gasteiger partial charge is 0.486 e. The van der Waals surface area contributed by atoms with Crippen LogP contribution in [0.5, 0.6) is 23.0 Å². The fourth-order valence-corrected chi connectivity index (χ4v) is 1.95. The number of nitriles is 1. The lowest BCUT2D eigenvalue weighted by Crippen LogP contribution is -2.15. The second-order valence-electron chi connectivity index (χ2n) is 4.39. The zero-order valence-electron chi connectivity index (χ0n) is 10.9. The molecule has 3 rings (SSSR count). The molecule has 0 radical (unpaired) electrons. The highest BCUT2D eigenvalue weighted by atomic mass is 19.1. The van der Waals surface area contributed by atoms with Crippen molar-refractivity contribution in [2.75, 3.05) is 18.9 Å². The Labute approximate surface area is 120 Å².